The molecule has 0 radical (unpaired) electrons. The van der Waals surface area contributed by atoms with Crippen molar-refractivity contribution >= 4 is 52.1 Å². The number of aromatic nitrogens is 3. The van der Waals surface area contributed by atoms with E-state index in [1.54, 1.807) is 36.7 Å². The summed E-state index contributed by atoms with van der Waals surface area (Å²) in [5.74, 6) is -2.50. The molecule has 2 aromatic heterocycles. The Labute approximate surface area is 203 Å². The molecule has 0 spiro atoms. The van der Waals surface area contributed by atoms with Crippen molar-refractivity contribution in [1.82, 2.24) is 19.9 Å². The molecule has 8 nitrogen and oxygen atoms in total. The lowest BCUT2D eigenvalue weighted by Gasteiger charge is -2.07. The number of rotatable bonds is 7. The van der Waals surface area contributed by atoms with Gasteiger partial charge >= 0.3 is 0 Å². The molecular weight excluding hydrogens is 486 g/mol. The molecule has 0 saturated carbocycles. The normalized spacial score (nSPS) is 10.4. The molecule has 0 aliphatic heterocycles. The number of nitrogen functional groups attached to an aromatic ring is 1. The largest absolute Gasteiger partial charge is 0.382 e. The summed E-state index contributed by atoms with van der Waals surface area (Å²) in [7, 11) is 1.84. The van der Waals surface area contributed by atoms with E-state index in [0.29, 0.717) is 17.8 Å². The zero-order chi connectivity index (χ0) is 23.5. The number of imidazole rings is 1. The molecule has 2 aromatic carbocycles. The number of carbonyl (C=O) groups excluding carboxylic acids is 2. The number of carbonyl (C=O) groups is 2. The molecule has 0 saturated heterocycles. The second-order valence-corrected chi connectivity index (χ2v) is 8.00. The number of nitrogens with one attached hydrogen (secondary N) is 2. The SMILES string of the molecule is Cl.Cn1ccnc1CNC(=O)c1ccc(Nc2nc(N)c(C(=O)c3c(F)cccc3F)s2)cc1. The summed E-state index contributed by atoms with van der Waals surface area (Å²) in [6, 6.07) is 9.73. The van der Waals surface area contributed by atoms with Gasteiger partial charge in [0.1, 0.15) is 28.2 Å². The van der Waals surface area contributed by atoms with Crippen LogP contribution in [0, 0.1) is 11.6 Å². The summed E-state index contributed by atoms with van der Waals surface area (Å²) < 4.78 is 29.7. The third-order valence-corrected chi connectivity index (χ3v) is 5.76. The van der Waals surface area contributed by atoms with Crippen LogP contribution in [-0.4, -0.2) is 26.2 Å². The van der Waals surface area contributed by atoms with Crippen molar-refractivity contribution in [1.29, 1.82) is 0 Å². The minimum atomic E-state index is -0.973. The van der Waals surface area contributed by atoms with E-state index >= 15 is 0 Å². The second kappa shape index (κ2) is 10.4. The van der Waals surface area contributed by atoms with Crippen molar-refractivity contribution in [3.63, 3.8) is 0 Å². The van der Waals surface area contributed by atoms with Crippen molar-refractivity contribution in [2.45, 2.75) is 6.54 Å². The Bertz CT molecular complexity index is 1320. The van der Waals surface area contributed by atoms with E-state index in [0.717, 1.165) is 29.3 Å². The van der Waals surface area contributed by atoms with Crippen molar-refractivity contribution in [3.8, 4) is 0 Å². The summed E-state index contributed by atoms with van der Waals surface area (Å²) in [5.41, 5.74) is 6.16. The van der Waals surface area contributed by atoms with Crippen LogP contribution in [0.2, 0.25) is 0 Å². The first-order valence-corrected chi connectivity index (χ1v) is 10.5. The highest BCUT2D eigenvalue weighted by Crippen LogP contribution is 2.31. The topological polar surface area (TPSA) is 115 Å². The van der Waals surface area contributed by atoms with Gasteiger partial charge < -0.3 is 20.9 Å². The minimum Gasteiger partial charge on any atom is -0.382 e. The predicted molar refractivity (Wildman–Crippen MR) is 128 cm³/mol. The average molecular weight is 505 g/mol. The number of benzene rings is 2. The van der Waals surface area contributed by atoms with Crippen molar-refractivity contribution < 1.29 is 18.4 Å². The summed E-state index contributed by atoms with van der Waals surface area (Å²) >= 11 is 0.874. The van der Waals surface area contributed by atoms with E-state index in [-0.39, 0.29) is 34.1 Å². The number of anilines is 3. The van der Waals surface area contributed by atoms with Crippen molar-refractivity contribution in [3.05, 3.63) is 88.3 Å². The number of nitrogens with two attached hydrogens (primary N) is 1. The van der Waals surface area contributed by atoms with E-state index in [1.807, 2.05) is 11.6 Å². The lowest BCUT2D eigenvalue weighted by molar-refractivity contribution is 0.0949. The van der Waals surface area contributed by atoms with Gasteiger partial charge in [0.05, 0.1) is 12.1 Å². The van der Waals surface area contributed by atoms with Gasteiger partial charge in [0.15, 0.2) is 5.13 Å². The van der Waals surface area contributed by atoms with Gasteiger partial charge in [0.25, 0.3) is 5.91 Å². The summed E-state index contributed by atoms with van der Waals surface area (Å²) in [5, 5.41) is 6.03. The summed E-state index contributed by atoms with van der Waals surface area (Å²) in [4.78, 5) is 33.1. The zero-order valence-corrected chi connectivity index (χ0v) is 19.3. The van der Waals surface area contributed by atoms with E-state index in [4.69, 9.17) is 5.73 Å². The smallest absolute Gasteiger partial charge is 0.251 e. The maximum atomic E-state index is 14.0. The number of nitrogens with zero attached hydrogens (tertiary/aromatic N) is 3. The number of amides is 1. The molecule has 0 fully saturated rings. The minimum absolute atomic E-state index is 0. The number of ketones is 1. The summed E-state index contributed by atoms with van der Waals surface area (Å²) in [6.45, 7) is 0.292. The third kappa shape index (κ3) is 5.21. The standard InChI is InChI=1S/C22H18F2N6O2S.ClH/c1-30-10-9-26-16(30)11-27-21(32)12-5-7-13(8-6-12)28-22-29-20(25)19(33-22)18(31)17-14(23)3-2-4-15(17)24;/h2-10H,11,25H2,1H3,(H,27,32)(H,28,29);1H. The van der Waals surface area contributed by atoms with E-state index in [1.165, 1.54) is 6.07 Å². The zero-order valence-electron chi connectivity index (χ0n) is 17.7. The quantitative estimate of drug-likeness (QED) is 0.327. The molecule has 2 heterocycles. The van der Waals surface area contributed by atoms with Crippen LogP contribution in [0.5, 0.6) is 0 Å². The lowest BCUT2D eigenvalue weighted by Crippen LogP contribution is -2.24. The van der Waals surface area contributed by atoms with Gasteiger partial charge in [-0.2, -0.15) is 0 Å². The first kappa shape index (κ1) is 24.8. The molecule has 34 heavy (non-hydrogen) atoms. The van der Waals surface area contributed by atoms with Gasteiger partial charge in [0, 0.05) is 30.7 Å². The highest BCUT2D eigenvalue weighted by molar-refractivity contribution is 7.18. The Morgan fingerprint density at radius 2 is 1.79 bits per heavy atom. The van der Waals surface area contributed by atoms with Gasteiger partial charge in [-0.25, -0.2) is 18.7 Å². The molecular formula is C22H19ClF2N6O2S. The average Bonchev–Trinajstić information content (AvgIpc) is 3.37. The molecule has 4 rings (SSSR count). The molecule has 0 unspecified atom stereocenters. The fraction of sp³-hybridized carbons (Fsp3) is 0.0909. The molecule has 12 heteroatoms. The monoisotopic (exact) mass is 504 g/mol. The van der Waals surface area contributed by atoms with Crippen LogP contribution >= 0.6 is 23.7 Å². The maximum Gasteiger partial charge on any atom is 0.251 e. The molecule has 176 valence electrons. The van der Waals surface area contributed by atoms with Gasteiger partial charge in [-0.15, -0.1) is 12.4 Å². The Balaban J connectivity index is 0.00000324. The molecule has 0 atom stereocenters. The first-order valence-electron chi connectivity index (χ1n) is 9.70. The molecule has 0 aliphatic rings. The van der Waals surface area contributed by atoms with Crippen LogP contribution in [0.25, 0.3) is 0 Å². The lowest BCUT2D eigenvalue weighted by atomic mass is 10.1. The second-order valence-electron chi connectivity index (χ2n) is 7.00. The van der Waals surface area contributed by atoms with Gasteiger partial charge in [-0.3, -0.25) is 9.59 Å². The number of halogens is 3. The Hall–Kier alpha value is -3.83. The van der Waals surface area contributed by atoms with E-state index < -0.39 is 23.0 Å². The first-order chi connectivity index (χ1) is 15.8. The molecule has 0 aliphatic carbocycles. The third-order valence-electron chi connectivity index (χ3n) is 4.78. The van der Waals surface area contributed by atoms with Crippen molar-refractivity contribution in [2.24, 2.45) is 7.05 Å². The van der Waals surface area contributed by atoms with Crippen molar-refractivity contribution in [2.75, 3.05) is 11.1 Å². The highest BCUT2D eigenvalue weighted by Gasteiger charge is 2.24. The van der Waals surface area contributed by atoms with E-state index in [9.17, 15) is 18.4 Å². The van der Waals surface area contributed by atoms with Crippen LogP contribution in [-0.2, 0) is 13.6 Å². The molecule has 0 bridgehead atoms. The van der Waals surface area contributed by atoms with Gasteiger partial charge in [-0.05, 0) is 36.4 Å². The number of thiazole rings is 1. The van der Waals surface area contributed by atoms with Crippen LogP contribution in [0.1, 0.15) is 31.4 Å². The Morgan fingerprint density at radius 3 is 2.41 bits per heavy atom. The van der Waals surface area contributed by atoms with Crippen LogP contribution in [0.4, 0.5) is 25.4 Å². The molecule has 4 aromatic rings. The van der Waals surface area contributed by atoms with Gasteiger partial charge in [0.2, 0.25) is 5.78 Å². The summed E-state index contributed by atoms with van der Waals surface area (Å²) in [6.07, 6.45) is 3.44. The van der Waals surface area contributed by atoms with Crippen LogP contribution in [0.3, 0.4) is 0 Å². The predicted octanol–water partition coefficient (Wildman–Crippen LogP) is 4.06. The fourth-order valence-electron chi connectivity index (χ4n) is 3.03. The fourth-order valence-corrected chi connectivity index (χ4v) is 3.88. The van der Waals surface area contributed by atoms with Crippen LogP contribution in [0.15, 0.2) is 54.9 Å². The number of aryl methyl sites for hydroxylation is 1. The van der Waals surface area contributed by atoms with E-state index in [2.05, 4.69) is 20.6 Å². The molecule has 1 amide bonds. The molecule has 4 N–H and O–H groups in total. The van der Waals surface area contributed by atoms with Gasteiger partial charge in [-0.1, -0.05) is 17.4 Å². The number of hydrogen-bond donors (Lipinski definition) is 3. The Kier molecular flexibility index (Phi) is 7.59. The highest BCUT2D eigenvalue weighted by atomic mass is 35.5. The Morgan fingerprint density at radius 1 is 1.12 bits per heavy atom. The maximum absolute atomic E-state index is 14.0. The van der Waals surface area contributed by atoms with Crippen LogP contribution < -0.4 is 16.4 Å². The number of hydrogen-bond acceptors (Lipinski definition) is 7.